The van der Waals surface area contributed by atoms with Crippen molar-refractivity contribution in [3.63, 3.8) is 0 Å². The topological polar surface area (TPSA) is 185 Å². The second kappa shape index (κ2) is 11.4. The molecule has 0 rings (SSSR count). The molecule has 10 heteroatoms. The molecule has 3 unspecified atom stereocenters. The van der Waals surface area contributed by atoms with Crippen molar-refractivity contribution in [1.29, 1.82) is 0 Å². The van der Waals surface area contributed by atoms with E-state index in [4.69, 9.17) is 21.7 Å². The Morgan fingerprint density at radius 2 is 1.54 bits per heavy atom. The molecule has 0 saturated carbocycles. The smallest absolute Gasteiger partial charge is 0.326 e. The number of carbonyl (C=O) groups excluding carboxylic acids is 2. The van der Waals surface area contributed by atoms with Crippen LogP contribution in [0.25, 0.3) is 0 Å². The molecule has 0 radical (unpaired) electrons. The van der Waals surface area contributed by atoms with Gasteiger partial charge in [-0.15, -0.1) is 0 Å². The molecule has 8 N–H and O–H groups in total. The second-order valence-corrected chi connectivity index (χ2v) is 5.47. The first kappa shape index (κ1) is 21.8. The van der Waals surface area contributed by atoms with Crippen molar-refractivity contribution < 1.29 is 29.4 Å². The SMILES string of the molecule is CC(N)C(=O)NC(CCCCN)C(=O)NC(CCC(=O)O)C(=O)O. The van der Waals surface area contributed by atoms with Crippen LogP contribution in [0.5, 0.6) is 0 Å². The van der Waals surface area contributed by atoms with Crippen molar-refractivity contribution in [3.05, 3.63) is 0 Å². The number of aliphatic carboxylic acids is 2. The van der Waals surface area contributed by atoms with Crippen molar-refractivity contribution in [2.75, 3.05) is 6.54 Å². The molecule has 2 amide bonds. The number of nitrogens with one attached hydrogen (secondary N) is 2. The fraction of sp³-hybridized carbons (Fsp3) is 0.714. The first-order valence-corrected chi connectivity index (χ1v) is 7.70. The van der Waals surface area contributed by atoms with E-state index in [1.54, 1.807) is 0 Å². The number of amides is 2. The van der Waals surface area contributed by atoms with Crippen LogP contribution < -0.4 is 22.1 Å². The molecule has 0 aromatic heterocycles. The third-order valence-corrected chi connectivity index (χ3v) is 3.25. The van der Waals surface area contributed by atoms with Crippen LogP contribution in [0, 0.1) is 0 Å². The Bertz CT molecular complexity index is 455. The highest BCUT2D eigenvalue weighted by Crippen LogP contribution is 2.04. The first-order valence-electron chi connectivity index (χ1n) is 7.70. The summed E-state index contributed by atoms with van der Waals surface area (Å²) in [6.07, 6.45) is 0.807. The van der Waals surface area contributed by atoms with Gasteiger partial charge in [-0.3, -0.25) is 14.4 Å². The Balaban J connectivity index is 4.87. The van der Waals surface area contributed by atoms with E-state index < -0.39 is 48.3 Å². The Kier molecular flexibility index (Phi) is 10.3. The molecule has 24 heavy (non-hydrogen) atoms. The maximum absolute atomic E-state index is 12.2. The Morgan fingerprint density at radius 1 is 0.958 bits per heavy atom. The van der Waals surface area contributed by atoms with Crippen molar-refractivity contribution in [3.8, 4) is 0 Å². The van der Waals surface area contributed by atoms with Crippen LogP contribution in [-0.4, -0.2) is 58.6 Å². The van der Waals surface area contributed by atoms with Gasteiger partial charge in [-0.2, -0.15) is 0 Å². The minimum atomic E-state index is -1.35. The molecule has 0 saturated heterocycles. The molecule has 0 aromatic rings. The highest BCUT2D eigenvalue weighted by atomic mass is 16.4. The van der Waals surface area contributed by atoms with Crippen LogP contribution in [0.15, 0.2) is 0 Å². The lowest BCUT2D eigenvalue weighted by molar-refractivity contribution is -0.143. The Hall–Kier alpha value is -2.20. The van der Waals surface area contributed by atoms with Crippen LogP contribution in [-0.2, 0) is 19.2 Å². The summed E-state index contributed by atoms with van der Waals surface area (Å²) in [4.78, 5) is 45.6. The van der Waals surface area contributed by atoms with Gasteiger partial charge in [0, 0.05) is 6.42 Å². The monoisotopic (exact) mass is 346 g/mol. The van der Waals surface area contributed by atoms with E-state index >= 15 is 0 Å². The molecule has 0 heterocycles. The van der Waals surface area contributed by atoms with Crippen LogP contribution in [0.4, 0.5) is 0 Å². The molecule has 0 aliphatic rings. The highest BCUT2D eigenvalue weighted by Gasteiger charge is 2.27. The number of carboxylic acid groups (broad SMARTS) is 2. The summed E-state index contributed by atoms with van der Waals surface area (Å²) >= 11 is 0. The number of nitrogens with two attached hydrogens (primary N) is 2. The van der Waals surface area contributed by atoms with Crippen molar-refractivity contribution in [2.24, 2.45) is 11.5 Å². The van der Waals surface area contributed by atoms with Gasteiger partial charge >= 0.3 is 11.9 Å². The molecular formula is C14H26N4O6. The van der Waals surface area contributed by atoms with Gasteiger partial charge in [0.2, 0.25) is 11.8 Å². The van der Waals surface area contributed by atoms with Gasteiger partial charge in [0.05, 0.1) is 6.04 Å². The van der Waals surface area contributed by atoms with Gasteiger partial charge in [-0.25, -0.2) is 4.79 Å². The second-order valence-electron chi connectivity index (χ2n) is 5.47. The third-order valence-electron chi connectivity index (χ3n) is 3.25. The van der Waals surface area contributed by atoms with Gasteiger partial charge in [-0.1, -0.05) is 0 Å². The molecule has 0 spiro atoms. The van der Waals surface area contributed by atoms with Crippen LogP contribution in [0.3, 0.4) is 0 Å². The van der Waals surface area contributed by atoms with E-state index in [-0.39, 0.29) is 12.8 Å². The van der Waals surface area contributed by atoms with Gasteiger partial charge in [0.1, 0.15) is 12.1 Å². The van der Waals surface area contributed by atoms with E-state index in [0.29, 0.717) is 19.4 Å². The predicted octanol–water partition coefficient (Wildman–Crippen LogP) is -1.62. The van der Waals surface area contributed by atoms with Crippen molar-refractivity contribution >= 4 is 23.8 Å². The van der Waals surface area contributed by atoms with E-state index in [9.17, 15) is 19.2 Å². The largest absolute Gasteiger partial charge is 0.481 e. The summed E-state index contributed by atoms with van der Waals surface area (Å²) in [6, 6.07) is -3.13. The number of hydrogen-bond donors (Lipinski definition) is 6. The lowest BCUT2D eigenvalue weighted by Crippen LogP contribution is -2.54. The van der Waals surface area contributed by atoms with E-state index in [1.807, 2.05) is 0 Å². The summed E-state index contributed by atoms with van der Waals surface area (Å²) in [5.74, 6) is -3.75. The molecule has 138 valence electrons. The maximum Gasteiger partial charge on any atom is 0.326 e. The molecule has 0 bridgehead atoms. The normalized spacial score (nSPS) is 14.3. The summed E-state index contributed by atoms with van der Waals surface area (Å²) < 4.78 is 0. The zero-order valence-corrected chi connectivity index (χ0v) is 13.7. The molecule has 3 atom stereocenters. The quantitative estimate of drug-likeness (QED) is 0.228. The zero-order valence-electron chi connectivity index (χ0n) is 13.7. The number of unbranched alkanes of at least 4 members (excludes halogenated alkanes) is 1. The summed E-state index contributed by atoms with van der Waals surface area (Å²) in [5.41, 5.74) is 10.8. The number of rotatable bonds is 12. The van der Waals surface area contributed by atoms with Gasteiger partial charge < -0.3 is 32.3 Å². The summed E-state index contributed by atoms with van der Waals surface area (Å²) in [6.45, 7) is 1.88. The lowest BCUT2D eigenvalue weighted by atomic mass is 10.1. The number of carboxylic acids is 2. The molecule has 0 aliphatic heterocycles. The Morgan fingerprint density at radius 3 is 2.00 bits per heavy atom. The standard InChI is InChI=1S/C14H26N4O6/c1-8(16)12(21)17-9(4-2-3-7-15)13(22)18-10(14(23)24)5-6-11(19)20/h8-10H,2-7,15-16H2,1H3,(H,17,21)(H,18,22)(H,19,20)(H,23,24). The van der Waals surface area contributed by atoms with Crippen LogP contribution in [0.2, 0.25) is 0 Å². The highest BCUT2D eigenvalue weighted by molar-refractivity contribution is 5.91. The summed E-state index contributed by atoms with van der Waals surface area (Å²) in [7, 11) is 0. The third kappa shape index (κ3) is 9.06. The van der Waals surface area contributed by atoms with Gasteiger partial charge in [0.15, 0.2) is 0 Å². The molecule has 10 nitrogen and oxygen atoms in total. The van der Waals surface area contributed by atoms with Crippen molar-refractivity contribution in [2.45, 2.75) is 57.2 Å². The maximum atomic E-state index is 12.2. The van der Waals surface area contributed by atoms with E-state index in [0.717, 1.165) is 0 Å². The van der Waals surface area contributed by atoms with Crippen molar-refractivity contribution in [1.82, 2.24) is 10.6 Å². The zero-order chi connectivity index (χ0) is 18.7. The lowest BCUT2D eigenvalue weighted by Gasteiger charge is -2.22. The van der Waals surface area contributed by atoms with Crippen LogP contribution in [0.1, 0.15) is 39.0 Å². The van der Waals surface area contributed by atoms with E-state index in [1.165, 1.54) is 6.92 Å². The molecular weight excluding hydrogens is 320 g/mol. The summed E-state index contributed by atoms with van der Waals surface area (Å²) in [5, 5.41) is 22.4. The molecule has 0 aromatic carbocycles. The van der Waals surface area contributed by atoms with Gasteiger partial charge in [0.25, 0.3) is 0 Å². The fourth-order valence-corrected chi connectivity index (χ4v) is 1.86. The fourth-order valence-electron chi connectivity index (χ4n) is 1.86. The first-order chi connectivity index (χ1) is 11.2. The molecule has 0 fully saturated rings. The van der Waals surface area contributed by atoms with Gasteiger partial charge in [-0.05, 0) is 39.2 Å². The van der Waals surface area contributed by atoms with Crippen LogP contribution >= 0.6 is 0 Å². The number of hydrogen-bond acceptors (Lipinski definition) is 6. The average molecular weight is 346 g/mol. The number of carbonyl (C=O) groups is 4. The predicted molar refractivity (Wildman–Crippen MR) is 84.9 cm³/mol. The van der Waals surface area contributed by atoms with E-state index in [2.05, 4.69) is 10.6 Å². The average Bonchev–Trinajstić information content (AvgIpc) is 2.49. The Labute approximate surface area is 139 Å². The minimum Gasteiger partial charge on any atom is -0.481 e. The minimum absolute atomic E-state index is 0.257. The molecule has 0 aliphatic carbocycles.